The van der Waals surface area contributed by atoms with Gasteiger partial charge < -0.3 is 10.1 Å². The summed E-state index contributed by atoms with van der Waals surface area (Å²) in [4.78, 5) is 0. The lowest BCUT2D eigenvalue weighted by Gasteiger charge is -2.25. The van der Waals surface area contributed by atoms with E-state index in [1.807, 2.05) is 25.7 Å². The van der Waals surface area contributed by atoms with E-state index in [0.29, 0.717) is 6.04 Å². The Bertz CT molecular complexity index is 340. The van der Waals surface area contributed by atoms with Gasteiger partial charge >= 0.3 is 0 Å². The molecule has 1 heterocycles. The maximum Gasteiger partial charge on any atom is 0.119 e. The average molecular weight is 223 g/mol. The van der Waals surface area contributed by atoms with Gasteiger partial charge in [-0.1, -0.05) is 6.07 Å². The molecule has 1 N–H and O–H groups in total. The highest BCUT2D eigenvalue weighted by Crippen LogP contribution is 2.33. The Hall–Kier alpha value is -0.670. The summed E-state index contributed by atoms with van der Waals surface area (Å²) in [5.41, 5.74) is 2.84. The molecular formula is C12H17NOS. The first-order valence-corrected chi connectivity index (χ1v) is 6.51. The largest absolute Gasteiger partial charge is 0.494 e. The summed E-state index contributed by atoms with van der Waals surface area (Å²) in [6.45, 7) is 2.75. The highest BCUT2D eigenvalue weighted by molar-refractivity contribution is 7.98. The molecule has 2 nitrogen and oxygen atoms in total. The third kappa shape index (κ3) is 2.29. The average Bonchev–Trinajstić information content (AvgIpc) is 2.28. The van der Waals surface area contributed by atoms with E-state index in [4.69, 9.17) is 4.74 Å². The van der Waals surface area contributed by atoms with E-state index < -0.39 is 0 Å². The second kappa shape index (κ2) is 4.90. The summed E-state index contributed by atoms with van der Waals surface area (Å²) in [7, 11) is 2.02. The highest BCUT2D eigenvalue weighted by atomic mass is 32.2. The Kier molecular flexibility index (Phi) is 3.54. The standard InChI is InChI=1S/C12H17NOS/c1-3-14-10-5-4-9-7-15-8-12(13-2)11(9)6-10/h4-6,12-13H,3,7-8H2,1-2H3. The first-order valence-electron chi connectivity index (χ1n) is 5.35. The smallest absolute Gasteiger partial charge is 0.119 e. The number of hydrogen-bond donors (Lipinski definition) is 1. The fourth-order valence-corrected chi connectivity index (χ4v) is 3.08. The van der Waals surface area contributed by atoms with Gasteiger partial charge in [-0.25, -0.2) is 0 Å². The predicted molar refractivity (Wildman–Crippen MR) is 65.6 cm³/mol. The van der Waals surface area contributed by atoms with Gasteiger partial charge in [0.05, 0.1) is 6.61 Å². The van der Waals surface area contributed by atoms with E-state index in [0.717, 1.165) is 23.9 Å². The molecule has 0 spiro atoms. The van der Waals surface area contributed by atoms with Crippen LogP contribution in [0.1, 0.15) is 24.1 Å². The molecule has 0 radical (unpaired) electrons. The third-order valence-electron chi connectivity index (χ3n) is 2.69. The lowest BCUT2D eigenvalue weighted by molar-refractivity contribution is 0.339. The number of ether oxygens (including phenoxy) is 1. The molecule has 1 aliphatic rings. The summed E-state index contributed by atoms with van der Waals surface area (Å²) in [6, 6.07) is 6.91. The van der Waals surface area contributed by atoms with Crippen LogP contribution in [-0.2, 0) is 5.75 Å². The molecule has 1 atom stereocenters. The van der Waals surface area contributed by atoms with Crippen LogP contribution in [0.2, 0.25) is 0 Å². The quantitative estimate of drug-likeness (QED) is 0.851. The van der Waals surface area contributed by atoms with Crippen LogP contribution in [0.5, 0.6) is 5.75 Å². The summed E-state index contributed by atoms with van der Waals surface area (Å²) in [5.74, 6) is 3.27. The van der Waals surface area contributed by atoms with Crippen molar-refractivity contribution in [3.63, 3.8) is 0 Å². The van der Waals surface area contributed by atoms with Crippen molar-refractivity contribution in [1.29, 1.82) is 0 Å². The van der Waals surface area contributed by atoms with Crippen LogP contribution in [0.3, 0.4) is 0 Å². The van der Waals surface area contributed by atoms with Crippen molar-refractivity contribution in [3.05, 3.63) is 29.3 Å². The van der Waals surface area contributed by atoms with Crippen molar-refractivity contribution in [3.8, 4) is 5.75 Å². The topological polar surface area (TPSA) is 21.3 Å². The van der Waals surface area contributed by atoms with Crippen LogP contribution in [0, 0.1) is 0 Å². The molecule has 0 aliphatic carbocycles. The fourth-order valence-electron chi connectivity index (χ4n) is 1.90. The lowest BCUT2D eigenvalue weighted by atomic mass is 10.0. The summed E-state index contributed by atoms with van der Waals surface area (Å²) in [5, 5.41) is 3.35. The van der Waals surface area contributed by atoms with E-state index in [9.17, 15) is 0 Å². The van der Waals surface area contributed by atoms with Gasteiger partial charge in [0.2, 0.25) is 0 Å². The molecule has 1 aromatic carbocycles. The van der Waals surface area contributed by atoms with Crippen molar-refractivity contribution >= 4 is 11.8 Å². The van der Waals surface area contributed by atoms with Crippen LogP contribution in [-0.4, -0.2) is 19.4 Å². The molecule has 0 saturated heterocycles. The first kappa shape index (κ1) is 10.8. The Morgan fingerprint density at radius 2 is 2.40 bits per heavy atom. The Balaban J connectivity index is 2.30. The molecule has 0 aromatic heterocycles. The Morgan fingerprint density at radius 1 is 1.53 bits per heavy atom. The van der Waals surface area contributed by atoms with E-state index in [1.54, 1.807) is 0 Å². The first-order chi connectivity index (χ1) is 7.35. The Morgan fingerprint density at radius 3 is 3.13 bits per heavy atom. The maximum atomic E-state index is 5.53. The van der Waals surface area contributed by atoms with Gasteiger partial charge in [-0.05, 0) is 37.2 Å². The SMILES string of the molecule is CCOc1ccc2c(c1)C(NC)CSC2. The number of benzene rings is 1. The molecule has 1 aromatic rings. The van der Waals surface area contributed by atoms with E-state index in [2.05, 4.69) is 23.5 Å². The number of thioether (sulfide) groups is 1. The molecule has 1 unspecified atom stereocenters. The lowest BCUT2D eigenvalue weighted by Crippen LogP contribution is -2.23. The maximum absolute atomic E-state index is 5.53. The normalized spacial score (nSPS) is 19.7. The molecule has 0 bridgehead atoms. The monoisotopic (exact) mass is 223 g/mol. The second-order valence-corrected chi connectivity index (χ2v) is 4.68. The fraction of sp³-hybridized carbons (Fsp3) is 0.500. The van der Waals surface area contributed by atoms with Crippen LogP contribution < -0.4 is 10.1 Å². The van der Waals surface area contributed by atoms with E-state index in [1.165, 1.54) is 11.1 Å². The summed E-state index contributed by atoms with van der Waals surface area (Å²) in [6.07, 6.45) is 0. The summed E-state index contributed by atoms with van der Waals surface area (Å²) < 4.78 is 5.53. The zero-order chi connectivity index (χ0) is 10.7. The van der Waals surface area contributed by atoms with Crippen LogP contribution in [0.25, 0.3) is 0 Å². The minimum absolute atomic E-state index is 0.471. The Labute approximate surface area is 95.4 Å². The predicted octanol–water partition coefficient (Wildman–Crippen LogP) is 2.59. The third-order valence-corrected chi connectivity index (χ3v) is 3.78. The zero-order valence-electron chi connectivity index (χ0n) is 9.25. The summed E-state index contributed by atoms with van der Waals surface area (Å²) >= 11 is 1.99. The molecule has 0 amide bonds. The van der Waals surface area contributed by atoms with Gasteiger partial charge in [0.15, 0.2) is 0 Å². The molecule has 82 valence electrons. The number of rotatable bonds is 3. The molecule has 3 heteroatoms. The number of fused-ring (bicyclic) bond motifs is 1. The van der Waals surface area contributed by atoms with Crippen molar-refractivity contribution in [2.45, 2.75) is 18.7 Å². The minimum atomic E-state index is 0.471. The highest BCUT2D eigenvalue weighted by Gasteiger charge is 2.19. The molecule has 15 heavy (non-hydrogen) atoms. The molecule has 1 aliphatic heterocycles. The van der Waals surface area contributed by atoms with Crippen LogP contribution in [0.15, 0.2) is 18.2 Å². The van der Waals surface area contributed by atoms with Gasteiger partial charge in [-0.2, -0.15) is 11.8 Å². The van der Waals surface area contributed by atoms with Crippen molar-refractivity contribution in [1.82, 2.24) is 5.32 Å². The minimum Gasteiger partial charge on any atom is -0.494 e. The van der Waals surface area contributed by atoms with Gasteiger partial charge in [-0.3, -0.25) is 0 Å². The van der Waals surface area contributed by atoms with Gasteiger partial charge in [-0.15, -0.1) is 0 Å². The molecule has 2 rings (SSSR count). The molecule has 0 saturated carbocycles. The van der Waals surface area contributed by atoms with Gasteiger partial charge in [0, 0.05) is 17.5 Å². The van der Waals surface area contributed by atoms with Crippen molar-refractivity contribution < 1.29 is 4.74 Å². The second-order valence-electron chi connectivity index (χ2n) is 3.65. The number of nitrogens with one attached hydrogen (secondary N) is 1. The van der Waals surface area contributed by atoms with Gasteiger partial charge in [0.1, 0.15) is 5.75 Å². The molecule has 0 fully saturated rings. The van der Waals surface area contributed by atoms with Crippen LogP contribution in [0.4, 0.5) is 0 Å². The van der Waals surface area contributed by atoms with E-state index >= 15 is 0 Å². The molecular weight excluding hydrogens is 206 g/mol. The van der Waals surface area contributed by atoms with Crippen molar-refractivity contribution in [2.75, 3.05) is 19.4 Å². The van der Waals surface area contributed by atoms with Gasteiger partial charge in [0.25, 0.3) is 0 Å². The number of hydrogen-bond acceptors (Lipinski definition) is 3. The van der Waals surface area contributed by atoms with E-state index in [-0.39, 0.29) is 0 Å². The zero-order valence-corrected chi connectivity index (χ0v) is 10.1. The van der Waals surface area contributed by atoms with Crippen molar-refractivity contribution in [2.24, 2.45) is 0 Å². The van der Waals surface area contributed by atoms with Crippen LogP contribution >= 0.6 is 11.8 Å².